The summed E-state index contributed by atoms with van der Waals surface area (Å²) in [5.41, 5.74) is 0. The molecule has 0 aromatic rings. The van der Waals surface area contributed by atoms with Crippen molar-refractivity contribution in [1.82, 2.24) is 10.2 Å². The van der Waals surface area contributed by atoms with Gasteiger partial charge in [-0.2, -0.15) is 0 Å². The third-order valence-electron chi connectivity index (χ3n) is 3.20. The van der Waals surface area contributed by atoms with Crippen molar-refractivity contribution in [3.05, 3.63) is 0 Å². The van der Waals surface area contributed by atoms with Crippen molar-refractivity contribution in [2.75, 3.05) is 13.1 Å². The topological polar surface area (TPSA) is 58.6 Å². The van der Waals surface area contributed by atoms with Gasteiger partial charge in [-0.1, -0.05) is 0 Å². The second-order valence-corrected chi connectivity index (χ2v) is 4.59. The van der Waals surface area contributed by atoms with E-state index in [1.165, 1.54) is 4.90 Å². The fraction of sp³-hybridized carbons (Fsp3) is 0.818. The molecule has 2 heterocycles. The lowest BCUT2D eigenvalue weighted by molar-refractivity contribution is -0.151. The van der Waals surface area contributed by atoms with E-state index in [9.17, 15) is 9.59 Å². The van der Waals surface area contributed by atoms with Crippen LogP contribution in [-0.2, 0) is 14.3 Å². The molecule has 2 fully saturated rings. The highest BCUT2D eigenvalue weighted by atomic mass is 16.5. The molecule has 0 bridgehead atoms. The number of piperazine rings is 1. The average Bonchev–Trinajstić information content (AvgIpc) is 2.65. The quantitative estimate of drug-likeness (QED) is 0.668. The zero-order valence-corrected chi connectivity index (χ0v) is 9.73. The monoisotopic (exact) mass is 226 g/mol. The summed E-state index contributed by atoms with van der Waals surface area (Å²) in [6, 6.07) is -0.267. The van der Waals surface area contributed by atoms with E-state index in [1.807, 2.05) is 6.92 Å². The standard InChI is InChI=1S/C11H18N2O3/c1-7-3-4-9(16-7)6-13-10(14)5-12-8(2)11(13)15/h7-9,12H,3-6H2,1-2H3. The number of rotatable bonds is 2. The molecule has 3 atom stereocenters. The van der Waals surface area contributed by atoms with Gasteiger partial charge in [0.2, 0.25) is 11.8 Å². The van der Waals surface area contributed by atoms with Gasteiger partial charge in [0.25, 0.3) is 0 Å². The van der Waals surface area contributed by atoms with Gasteiger partial charge in [-0.05, 0) is 26.7 Å². The van der Waals surface area contributed by atoms with Crippen LogP contribution in [0, 0.1) is 0 Å². The molecule has 2 aliphatic rings. The van der Waals surface area contributed by atoms with Crippen LogP contribution in [0.1, 0.15) is 26.7 Å². The van der Waals surface area contributed by atoms with Gasteiger partial charge in [-0.25, -0.2) is 0 Å². The molecule has 0 aromatic carbocycles. The molecule has 16 heavy (non-hydrogen) atoms. The van der Waals surface area contributed by atoms with Gasteiger partial charge in [0, 0.05) is 0 Å². The SMILES string of the molecule is CC1CCC(CN2C(=O)CNC(C)C2=O)O1. The smallest absolute Gasteiger partial charge is 0.246 e. The number of nitrogens with one attached hydrogen (secondary N) is 1. The number of nitrogens with zero attached hydrogens (tertiary/aromatic N) is 1. The van der Waals surface area contributed by atoms with Crippen LogP contribution in [0.4, 0.5) is 0 Å². The van der Waals surface area contributed by atoms with Crippen LogP contribution < -0.4 is 5.32 Å². The Hall–Kier alpha value is -0.940. The lowest BCUT2D eigenvalue weighted by Gasteiger charge is -2.31. The van der Waals surface area contributed by atoms with E-state index in [-0.39, 0.29) is 36.6 Å². The fourth-order valence-electron chi connectivity index (χ4n) is 2.19. The Bertz CT molecular complexity index is 306. The molecule has 2 aliphatic heterocycles. The van der Waals surface area contributed by atoms with Crippen LogP contribution in [0.2, 0.25) is 0 Å². The molecule has 0 saturated carbocycles. The first-order valence-corrected chi connectivity index (χ1v) is 5.81. The Balaban J connectivity index is 1.96. The molecule has 0 radical (unpaired) electrons. The third-order valence-corrected chi connectivity index (χ3v) is 3.20. The summed E-state index contributed by atoms with van der Waals surface area (Å²) in [5.74, 6) is -0.286. The van der Waals surface area contributed by atoms with E-state index < -0.39 is 0 Å². The van der Waals surface area contributed by atoms with Gasteiger partial charge in [0.1, 0.15) is 0 Å². The van der Waals surface area contributed by atoms with Crippen LogP contribution in [-0.4, -0.2) is 48.1 Å². The van der Waals surface area contributed by atoms with Crippen molar-refractivity contribution in [3.63, 3.8) is 0 Å². The molecule has 90 valence electrons. The first kappa shape index (κ1) is 11.5. The molecule has 0 aromatic heterocycles. The van der Waals surface area contributed by atoms with Gasteiger partial charge in [0.15, 0.2) is 0 Å². The number of carbonyl (C=O) groups is 2. The lowest BCUT2D eigenvalue weighted by atomic mass is 10.1. The molecule has 1 N–H and O–H groups in total. The maximum Gasteiger partial charge on any atom is 0.246 e. The zero-order chi connectivity index (χ0) is 11.7. The largest absolute Gasteiger partial charge is 0.373 e. The molecule has 0 spiro atoms. The molecular weight excluding hydrogens is 208 g/mol. The fourth-order valence-corrected chi connectivity index (χ4v) is 2.19. The van der Waals surface area contributed by atoms with Crippen LogP contribution in [0.5, 0.6) is 0 Å². The molecular formula is C11H18N2O3. The maximum atomic E-state index is 11.8. The van der Waals surface area contributed by atoms with E-state index in [4.69, 9.17) is 4.74 Å². The lowest BCUT2D eigenvalue weighted by Crippen LogP contribution is -2.58. The predicted molar refractivity (Wildman–Crippen MR) is 57.8 cm³/mol. The second-order valence-electron chi connectivity index (χ2n) is 4.59. The van der Waals surface area contributed by atoms with Crippen molar-refractivity contribution in [3.8, 4) is 0 Å². The highest BCUT2D eigenvalue weighted by Gasteiger charge is 2.34. The zero-order valence-electron chi connectivity index (χ0n) is 9.73. The van der Waals surface area contributed by atoms with Gasteiger partial charge in [-0.3, -0.25) is 19.8 Å². The number of hydrogen-bond donors (Lipinski definition) is 1. The average molecular weight is 226 g/mol. The Kier molecular flexibility index (Phi) is 3.25. The van der Waals surface area contributed by atoms with E-state index in [1.54, 1.807) is 6.92 Å². The predicted octanol–water partition coefficient (Wildman–Crippen LogP) is -0.0992. The van der Waals surface area contributed by atoms with E-state index >= 15 is 0 Å². The van der Waals surface area contributed by atoms with Gasteiger partial charge < -0.3 is 4.74 Å². The minimum absolute atomic E-state index is 0.0215. The van der Waals surface area contributed by atoms with Crippen LogP contribution >= 0.6 is 0 Å². The summed E-state index contributed by atoms with van der Waals surface area (Å²) in [7, 11) is 0. The molecule has 0 aliphatic carbocycles. The highest BCUT2D eigenvalue weighted by Crippen LogP contribution is 2.20. The van der Waals surface area contributed by atoms with Gasteiger partial charge in [-0.15, -0.1) is 0 Å². The van der Waals surface area contributed by atoms with Crippen molar-refractivity contribution in [1.29, 1.82) is 0 Å². The number of hydrogen-bond acceptors (Lipinski definition) is 4. The minimum Gasteiger partial charge on any atom is -0.373 e. The Morgan fingerprint density at radius 1 is 1.38 bits per heavy atom. The molecule has 5 heteroatoms. The highest BCUT2D eigenvalue weighted by molar-refractivity contribution is 6.01. The van der Waals surface area contributed by atoms with E-state index in [0.29, 0.717) is 6.54 Å². The summed E-state index contributed by atoms with van der Waals surface area (Å²) in [4.78, 5) is 24.7. The summed E-state index contributed by atoms with van der Waals surface area (Å²) in [6.45, 7) is 4.45. The number of ether oxygens (including phenoxy) is 1. The molecule has 2 saturated heterocycles. The summed E-state index contributed by atoms with van der Waals surface area (Å²) in [6.07, 6.45) is 2.21. The first-order chi connectivity index (χ1) is 7.58. The van der Waals surface area contributed by atoms with Gasteiger partial charge >= 0.3 is 0 Å². The van der Waals surface area contributed by atoms with Crippen LogP contribution in [0.15, 0.2) is 0 Å². The van der Waals surface area contributed by atoms with Crippen molar-refractivity contribution in [2.45, 2.75) is 44.9 Å². The summed E-state index contributed by atoms with van der Waals surface area (Å²) < 4.78 is 5.63. The number of carbonyl (C=O) groups excluding carboxylic acids is 2. The van der Waals surface area contributed by atoms with E-state index in [2.05, 4.69) is 5.32 Å². The normalized spacial score (nSPS) is 35.9. The number of imide groups is 1. The van der Waals surface area contributed by atoms with Crippen LogP contribution in [0.3, 0.4) is 0 Å². The Morgan fingerprint density at radius 3 is 2.75 bits per heavy atom. The van der Waals surface area contributed by atoms with E-state index in [0.717, 1.165) is 12.8 Å². The maximum absolute atomic E-state index is 11.8. The molecule has 2 amide bonds. The summed E-state index contributed by atoms with van der Waals surface area (Å²) >= 11 is 0. The molecule has 3 unspecified atom stereocenters. The van der Waals surface area contributed by atoms with Gasteiger partial charge in [0.05, 0.1) is 31.3 Å². The minimum atomic E-state index is -0.267. The summed E-state index contributed by atoms with van der Waals surface area (Å²) in [5, 5.41) is 2.86. The second kappa shape index (κ2) is 4.51. The number of amides is 2. The third kappa shape index (κ3) is 2.25. The Morgan fingerprint density at radius 2 is 2.12 bits per heavy atom. The molecule has 2 rings (SSSR count). The van der Waals surface area contributed by atoms with Crippen molar-refractivity contribution >= 4 is 11.8 Å². The van der Waals surface area contributed by atoms with Crippen LogP contribution in [0.25, 0.3) is 0 Å². The Labute approximate surface area is 95.1 Å². The van der Waals surface area contributed by atoms with Crippen molar-refractivity contribution in [2.24, 2.45) is 0 Å². The first-order valence-electron chi connectivity index (χ1n) is 5.81. The van der Waals surface area contributed by atoms with Crippen molar-refractivity contribution < 1.29 is 14.3 Å². The molecule has 5 nitrogen and oxygen atoms in total.